The molecule has 1 aliphatic carbocycles. The van der Waals surface area contributed by atoms with Crippen molar-refractivity contribution in [2.45, 2.75) is 52.0 Å². The van der Waals surface area contributed by atoms with Gasteiger partial charge < -0.3 is 9.47 Å². The Balaban J connectivity index is 1.88. The molecule has 0 amide bonds. The fourth-order valence-electron chi connectivity index (χ4n) is 3.00. The molecule has 0 bridgehead atoms. The van der Waals surface area contributed by atoms with Gasteiger partial charge in [-0.3, -0.25) is 14.5 Å². The second-order valence-corrected chi connectivity index (χ2v) is 5.78. The zero-order valence-electron chi connectivity index (χ0n) is 12.5. The van der Waals surface area contributed by atoms with Gasteiger partial charge in [-0.2, -0.15) is 0 Å². The summed E-state index contributed by atoms with van der Waals surface area (Å²) in [7, 11) is 0. The number of ether oxygens (including phenoxy) is 2. The van der Waals surface area contributed by atoms with Crippen LogP contribution in [0.3, 0.4) is 0 Å². The summed E-state index contributed by atoms with van der Waals surface area (Å²) in [5.74, 6) is -0.202. The van der Waals surface area contributed by atoms with E-state index in [0.717, 1.165) is 38.8 Å². The first-order chi connectivity index (χ1) is 9.61. The summed E-state index contributed by atoms with van der Waals surface area (Å²) in [6.45, 7) is 6.23. The Morgan fingerprint density at radius 1 is 1.20 bits per heavy atom. The third-order valence-corrected chi connectivity index (χ3v) is 4.27. The summed E-state index contributed by atoms with van der Waals surface area (Å²) in [5.41, 5.74) is -0.298. The normalized spacial score (nSPS) is 24.4. The molecule has 0 N–H and O–H groups in total. The Kier molecular flexibility index (Phi) is 5.02. The molecule has 2 rings (SSSR count). The molecule has 114 valence electrons. The lowest BCUT2D eigenvalue weighted by Crippen LogP contribution is -2.39. The van der Waals surface area contributed by atoms with Crippen molar-refractivity contribution in [1.82, 2.24) is 4.90 Å². The highest BCUT2D eigenvalue weighted by atomic mass is 16.5. The van der Waals surface area contributed by atoms with E-state index in [1.165, 1.54) is 0 Å². The van der Waals surface area contributed by atoms with Crippen molar-refractivity contribution < 1.29 is 19.1 Å². The molecule has 2 fully saturated rings. The van der Waals surface area contributed by atoms with Gasteiger partial charge in [0.25, 0.3) is 0 Å². The number of nitrogens with zero attached hydrogens (tertiary/aromatic N) is 1. The van der Waals surface area contributed by atoms with Crippen molar-refractivity contribution in [3.8, 4) is 0 Å². The van der Waals surface area contributed by atoms with Crippen LogP contribution in [-0.4, -0.2) is 49.2 Å². The Bertz CT molecular complexity index is 365. The molecule has 1 atom stereocenters. The maximum Gasteiger partial charge on any atom is 0.313 e. The first kappa shape index (κ1) is 15.3. The van der Waals surface area contributed by atoms with Crippen molar-refractivity contribution in [2.75, 3.05) is 26.3 Å². The van der Waals surface area contributed by atoms with Crippen LogP contribution in [0.5, 0.6) is 0 Å². The largest absolute Gasteiger partial charge is 0.466 e. The van der Waals surface area contributed by atoms with E-state index in [4.69, 9.17) is 9.47 Å². The molecule has 0 aromatic heterocycles. The van der Waals surface area contributed by atoms with E-state index in [0.29, 0.717) is 19.6 Å². The highest BCUT2D eigenvalue weighted by Crippen LogP contribution is 2.48. The van der Waals surface area contributed by atoms with Crippen LogP contribution in [0.25, 0.3) is 0 Å². The molecule has 2 aliphatic rings. The molecule has 20 heavy (non-hydrogen) atoms. The molecule has 1 heterocycles. The van der Waals surface area contributed by atoms with Crippen LogP contribution in [0.15, 0.2) is 0 Å². The smallest absolute Gasteiger partial charge is 0.313 e. The van der Waals surface area contributed by atoms with E-state index in [2.05, 4.69) is 4.90 Å². The quantitative estimate of drug-likeness (QED) is 0.666. The maximum absolute atomic E-state index is 12.0. The number of carbonyl (C=O) groups excluding carboxylic acids is 2. The summed E-state index contributed by atoms with van der Waals surface area (Å²) >= 11 is 0. The second-order valence-electron chi connectivity index (χ2n) is 5.78. The van der Waals surface area contributed by atoms with Crippen LogP contribution < -0.4 is 0 Å². The molecule has 1 saturated heterocycles. The number of likely N-dealkylation sites (tertiary alicyclic amines) is 1. The zero-order valence-corrected chi connectivity index (χ0v) is 12.5. The third kappa shape index (κ3) is 3.51. The first-order valence-corrected chi connectivity index (χ1v) is 7.68. The van der Waals surface area contributed by atoms with Crippen LogP contribution in [0, 0.1) is 5.41 Å². The van der Waals surface area contributed by atoms with Gasteiger partial charge in [-0.1, -0.05) is 0 Å². The van der Waals surface area contributed by atoms with E-state index in [-0.39, 0.29) is 23.4 Å². The molecule has 0 radical (unpaired) electrons. The number of hydrogen-bond donors (Lipinski definition) is 0. The van der Waals surface area contributed by atoms with Gasteiger partial charge in [0.1, 0.15) is 0 Å². The van der Waals surface area contributed by atoms with Crippen LogP contribution in [0.1, 0.15) is 46.0 Å². The molecule has 5 heteroatoms. The van der Waals surface area contributed by atoms with Gasteiger partial charge in [0.2, 0.25) is 0 Å². The zero-order chi connectivity index (χ0) is 14.6. The van der Waals surface area contributed by atoms with E-state index < -0.39 is 0 Å². The lowest BCUT2D eigenvalue weighted by molar-refractivity contribution is -0.150. The van der Waals surface area contributed by atoms with E-state index >= 15 is 0 Å². The summed E-state index contributed by atoms with van der Waals surface area (Å²) in [6.07, 6.45) is 4.36. The van der Waals surface area contributed by atoms with Gasteiger partial charge in [0.15, 0.2) is 0 Å². The highest BCUT2D eigenvalue weighted by molar-refractivity contribution is 5.80. The lowest BCUT2D eigenvalue weighted by atomic mass is 10.1. The summed E-state index contributed by atoms with van der Waals surface area (Å²) < 4.78 is 10.2. The maximum atomic E-state index is 12.0. The van der Waals surface area contributed by atoms with Gasteiger partial charge in [-0.25, -0.2) is 0 Å². The van der Waals surface area contributed by atoms with Crippen LogP contribution in [0.2, 0.25) is 0 Å². The minimum Gasteiger partial charge on any atom is -0.466 e. The lowest BCUT2D eigenvalue weighted by Gasteiger charge is -2.27. The Hall–Kier alpha value is -1.10. The molecule has 1 aliphatic heterocycles. The second kappa shape index (κ2) is 6.57. The van der Waals surface area contributed by atoms with Gasteiger partial charge >= 0.3 is 11.9 Å². The highest BCUT2D eigenvalue weighted by Gasteiger charge is 2.53. The van der Waals surface area contributed by atoms with Crippen molar-refractivity contribution in [2.24, 2.45) is 5.41 Å². The summed E-state index contributed by atoms with van der Waals surface area (Å²) in [4.78, 5) is 25.9. The average Bonchev–Trinajstić information content (AvgIpc) is 3.07. The molecular formula is C15H25NO4. The molecule has 5 nitrogen and oxygen atoms in total. The van der Waals surface area contributed by atoms with E-state index in [1.54, 1.807) is 0 Å². The van der Waals surface area contributed by atoms with E-state index in [9.17, 15) is 9.59 Å². The molecule has 1 saturated carbocycles. The SMILES string of the molecule is CCOC(=O)CC1CCCN1CC1(C(=O)OCC)CC1. The predicted octanol–water partition coefficient (Wildman–Crippen LogP) is 1.75. The van der Waals surface area contributed by atoms with Gasteiger partial charge in [0.05, 0.1) is 25.0 Å². The van der Waals surface area contributed by atoms with Gasteiger partial charge in [0, 0.05) is 12.6 Å². The monoisotopic (exact) mass is 283 g/mol. The number of hydrogen-bond acceptors (Lipinski definition) is 5. The van der Waals surface area contributed by atoms with E-state index in [1.807, 2.05) is 13.8 Å². The molecule has 0 aromatic rings. The molecule has 0 aromatic carbocycles. The van der Waals surface area contributed by atoms with Crippen LogP contribution >= 0.6 is 0 Å². The first-order valence-electron chi connectivity index (χ1n) is 7.68. The number of esters is 2. The van der Waals surface area contributed by atoms with Gasteiger partial charge in [-0.15, -0.1) is 0 Å². The average molecular weight is 283 g/mol. The fourth-order valence-corrected chi connectivity index (χ4v) is 3.00. The van der Waals surface area contributed by atoms with Crippen molar-refractivity contribution in [3.63, 3.8) is 0 Å². The topological polar surface area (TPSA) is 55.8 Å². The summed E-state index contributed by atoms with van der Waals surface area (Å²) in [5, 5.41) is 0. The Morgan fingerprint density at radius 2 is 1.90 bits per heavy atom. The standard InChI is InChI=1S/C15H25NO4/c1-3-19-13(17)10-12-6-5-9-16(12)11-15(7-8-15)14(18)20-4-2/h12H,3-11H2,1-2H3. The van der Waals surface area contributed by atoms with Crippen LogP contribution in [-0.2, 0) is 19.1 Å². The number of carbonyl (C=O) groups is 2. The van der Waals surface area contributed by atoms with Crippen LogP contribution in [0.4, 0.5) is 0 Å². The molecule has 1 unspecified atom stereocenters. The van der Waals surface area contributed by atoms with Crippen molar-refractivity contribution >= 4 is 11.9 Å². The van der Waals surface area contributed by atoms with Crippen molar-refractivity contribution in [1.29, 1.82) is 0 Å². The molecule has 0 spiro atoms. The minimum absolute atomic E-state index is 0.0678. The summed E-state index contributed by atoms with van der Waals surface area (Å²) in [6, 6.07) is 0.223. The molecular weight excluding hydrogens is 258 g/mol. The van der Waals surface area contributed by atoms with Gasteiger partial charge in [-0.05, 0) is 46.1 Å². The third-order valence-electron chi connectivity index (χ3n) is 4.27. The minimum atomic E-state index is -0.298. The number of rotatable bonds is 7. The van der Waals surface area contributed by atoms with Crippen molar-refractivity contribution in [3.05, 3.63) is 0 Å². The predicted molar refractivity (Wildman–Crippen MR) is 74.1 cm³/mol. The Labute approximate surface area is 120 Å². The Morgan fingerprint density at radius 3 is 2.50 bits per heavy atom. The fraction of sp³-hybridized carbons (Fsp3) is 0.867.